The highest BCUT2D eigenvalue weighted by Crippen LogP contribution is 2.29. The van der Waals surface area contributed by atoms with E-state index in [1.54, 1.807) is 0 Å². The average molecular weight is 546 g/mol. The van der Waals surface area contributed by atoms with Crippen molar-refractivity contribution in [1.29, 1.82) is 0 Å². The minimum Gasteiger partial charge on any atom is -0.391 e. The lowest BCUT2D eigenvalue weighted by molar-refractivity contribution is -0.146. The molecule has 0 saturated carbocycles. The zero-order valence-electron chi connectivity index (χ0n) is 20.0. The first-order chi connectivity index (χ1) is 17.6. The van der Waals surface area contributed by atoms with Gasteiger partial charge in [0.1, 0.15) is 17.1 Å². The molecule has 14 heteroatoms. The molecule has 0 unspecified atom stereocenters. The van der Waals surface area contributed by atoms with Crippen molar-refractivity contribution in [2.45, 2.75) is 44.5 Å². The van der Waals surface area contributed by atoms with Crippen molar-refractivity contribution in [3.05, 3.63) is 63.5 Å². The highest BCUT2D eigenvalue weighted by Gasteiger charge is 2.38. The summed E-state index contributed by atoms with van der Waals surface area (Å²) in [6, 6.07) is 1.34. The van der Waals surface area contributed by atoms with Crippen LogP contribution in [0.25, 0.3) is 16.7 Å². The van der Waals surface area contributed by atoms with Crippen LogP contribution in [0.1, 0.15) is 37.0 Å². The van der Waals surface area contributed by atoms with Crippen LogP contribution in [0, 0.1) is 23.3 Å². The number of nitrogens with one attached hydrogen (secondary N) is 1. The molecule has 7 nitrogen and oxygen atoms in total. The average Bonchev–Trinajstić information content (AvgIpc) is 3.18. The maximum Gasteiger partial charge on any atom is 0.391 e. The van der Waals surface area contributed by atoms with Crippen molar-refractivity contribution >= 4 is 22.8 Å². The Hall–Kier alpha value is -3.68. The molecule has 1 amide bonds. The highest BCUT2D eigenvalue weighted by atomic mass is 19.4. The number of nitrogens with zero attached hydrogens (tertiary/aromatic N) is 3. The molecule has 2 N–H and O–H groups in total. The van der Waals surface area contributed by atoms with Crippen LogP contribution in [0.5, 0.6) is 0 Å². The summed E-state index contributed by atoms with van der Waals surface area (Å²) in [7, 11) is 0. The summed E-state index contributed by atoms with van der Waals surface area (Å²) >= 11 is 0. The fourth-order valence-electron chi connectivity index (χ4n) is 4.39. The van der Waals surface area contributed by atoms with Gasteiger partial charge in [-0.2, -0.15) is 13.2 Å². The standard InChI is InChI=1S/C24H21F7N4O3/c1-23(2,10-24(29,30)31)33-22(38)14-9-35(18-15(26)5-11(25)6-16(18)27)20-13(19(14)37)7-17(28)21(32-20)34-4-3-12(36)8-34/h5-7,9,12,36H,3-4,8,10H2,1-2H3,(H,33,38)/t12-/m0/s1. The van der Waals surface area contributed by atoms with E-state index < -0.39 is 81.1 Å². The molecule has 1 aliphatic rings. The summed E-state index contributed by atoms with van der Waals surface area (Å²) < 4.78 is 97.6. The Labute approximate surface area is 210 Å². The van der Waals surface area contributed by atoms with E-state index in [1.807, 2.05) is 0 Å². The summed E-state index contributed by atoms with van der Waals surface area (Å²) in [5, 5.41) is 11.2. The van der Waals surface area contributed by atoms with E-state index in [0.29, 0.717) is 29.0 Å². The first kappa shape index (κ1) is 27.4. The summed E-state index contributed by atoms with van der Waals surface area (Å²) in [5.41, 5.74) is -5.40. The zero-order valence-corrected chi connectivity index (χ0v) is 20.0. The summed E-state index contributed by atoms with van der Waals surface area (Å²) in [4.78, 5) is 31.5. The molecule has 3 heterocycles. The van der Waals surface area contributed by atoms with E-state index in [0.717, 1.165) is 13.8 Å². The number of carbonyl (C=O) groups excluding carboxylic acids is 1. The molecule has 4 rings (SSSR count). The van der Waals surface area contributed by atoms with Gasteiger partial charge in [-0.1, -0.05) is 0 Å². The lowest BCUT2D eigenvalue weighted by atomic mass is 9.99. The molecule has 204 valence electrons. The fraction of sp³-hybridized carbons (Fsp3) is 0.375. The van der Waals surface area contributed by atoms with E-state index in [9.17, 15) is 41.0 Å². The van der Waals surface area contributed by atoms with Gasteiger partial charge in [0.25, 0.3) is 5.91 Å². The minimum absolute atomic E-state index is 0.0201. The lowest BCUT2D eigenvalue weighted by Gasteiger charge is -2.27. The number of hydrogen-bond acceptors (Lipinski definition) is 5. The minimum atomic E-state index is -4.67. The van der Waals surface area contributed by atoms with Crippen molar-refractivity contribution in [2.24, 2.45) is 0 Å². The molecule has 1 aromatic carbocycles. The molecule has 0 aliphatic carbocycles. The number of carbonyl (C=O) groups is 1. The van der Waals surface area contributed by atoms with Crippen LogP contribution in [0.4, 0.5) is 36.6 Å². The van der Waals surface area contributed by atoms with Gasteiger partial charge in [0, 0.05) is 37.0 Å². The second kappa shape index (κ2) is 9.57. The van der Waals surface area contributed by atoms with Crippen LogP contribution in [0.15, 0.2) is 29.2 Å². The summed E-state index contributed by atoms with van der Waals surface area (Å²) in [6.07, 6.45) is -6.01. The number of aromatic nitrogens is 2. The molecule has 0 spiro atoms. The topological polar surface area (TPSA) is 87.5 Å². The van der Waals surface area contributed by atoms with Gasteiger partial charge in [-0.3, -0.25) is 14.2 Å². The van der Waals surface area contributed by atoms with Gasteiger partial charge in [0.2, 0.25) is 5.43 Å². The first-order valence-electron chi connectivity index (χ1n) is 11.3. The molecule has 2 aromatic heterocycles. The molecule has 0 radical (unpaired) electrons. The molecular weight excluding hydrogens is 525 g/mol. The van der Waals surface area contributed by atoms with Crippen molar-refractivity contribution < 1.29 is 40.6 Å². The van der Waals surface area contributed by atoms with Gasteiger partial charge in [-0.25, -0.2) is 22.5 Å². The molecule has 0 bridgehead atoms. The fourth-order valence-corrected chi connectivity index (χ4v) is 4.39. The SMILES string of the molecule is CC(C)(CC(F)(F)F)NC(=O)c1cn(-c2c(F)cc(F)cc2F)c2nc(N3CC[C@H](O)C3)c(F)cc2c1=O. The van der Waals surface area contributed by atoms with E-state index in [-0.39, 0.29) is 25.3 Å². The Kier molecular flexibility index (Phi) is 6.89. The lowest BCUT2D eigenvalue weighted by Crippen LogP contribution is -2.47. The van der Waals surface area contributed by atoms with Crippen LogP contribution in [0.2, 0.25) is 0 Å². The number of aliphatic hydroxyl groups excluding tert-OH is 1. The third-order valence-corrected chi connectivity index (χ3v) is 5.94. The number of pyridine rings is 2. The maximum absolute atomic E-state index is 15.1. The monoisotopic (exact) mass is 546 g/mol. The Bertz CT molecular complexity index is 1460. The van der Waals surface area contributed by atoms with Gasteiger partial charge in [-0.15, -0.1) is 0 Å². The van der Waals surface area contributed by atoms with Crippen molar-refractivity contribution in [3.8, 4) is 5.69 Å². The van der Waals surface area contributed by atoms with Crippen molar-refractivity contribution in [2.75, 3.05) is 18.0 Å². The maximum atomic E-state index is 15.1. The highest BCUT2D eigenvalue weighted by molar-refractivity contribution is 5.97. The second-order valence-corrected chi connectivity index (χ2v) is 9.64. The van der Waals surface area contributed by atoms with Gasteiger partial charge in [0.05, 0.1) is 17.9 Å². The van der Waals surface area contributed by atoms with Gasteiger partial charge < -0.3 is 15.3 Å². The van der Waals surface area contributed by atoms with E-state index in [1.165, 1.54) is 4.90 Å². The predicted octanol–water partition coefficient (Wildman–Crippen LogP) is 3.97. The van der Waals surface area contributed by atoms with Crippen LogP contribution in [-0.2, 0) is 0 Å². The number of anilines is 1. The first-order valence-corrected chi connectivity index (χ1v) is 11.3. The summed E-state index contributed by atoms with van der Waals surface area (Å²) in [5.74, 6) is -6.92. The molecular formula is C24H21F7N4O3. The molecule has 1 fully saturated rings. The van der Waals surface area contributed by atoms with Gasteiger partial charge >= 0.3 is 6.18 Å². The molecule has 1 aliphatic heterocycles. The van der Waals surface area contributed by atoms with Crippen LogP contribution >= 0.6 is 0 Å². The number of β-amino-alcohol motifs (C(OH)–C–C–N with tert-alkyl or cyclic N) is 1. The van der Waals surface area contributed by atoms with Crippen LogP contribution < -0.4 is 15.6 Å². The van der Waals surface area contributed by atoms with E-state index in [2.05, 4.69) is 10.3 Å². The number of benzene rings is 1. The van der Waals surface area contributed by atoms with Crippen LogP contribution in [0.3, 0.4) is 0 Å². The van der Waals surface area contributed by atoms with Gasteiger partial charge in [0.15, 0.2) is 28.9 Å². The van der Waals surface area contributed by atoms with E-state index in [4.69, 9.17) is 0 Å². The molecule has 1 saturated heterocycles. The van der Waals surface area contributed by atoms with Crippen molar-refractivity contribution in [3.63, 3.8) is 0 Å². The van der Waals surface area contributed by atoms with Gasteiger partial charge in [-0.05, 0) is 26.3 Å². The van der Waals surface area contributed by atoms with Crippen LogP contribution in [-0.4, -0.2) is 51.5 Å². The number of alkyl halides is 3. The Morgan fingerprint density at radius 3 is 2.29 bits per heavy atom. The third kappa shape index (κ3) is 5.44. The van der Waals surface area contributed by atoms with E-state index >= 15 is 4.39 Å². The largest absolute Gasteiger partial charge is 0.391 e. The normalized spacial score (nSPS) is 16.4. The quantitative estimate of drug-likeness (QED) is 0.473. The smallest absolute Gasteiger partial charge is 0.391 e. The number of fused-ring (bicyclic) bond motifs is 1. The molecule has 3 aromatic rings. The van der Waals surface area contributed by atoms with Crippen molar-refractivity contribution in [1.82, 2.24) is 14.9 Å². The number of rotatable bonds is 5. The molecule has 1 atom stereocenters. The molecule has 38 heavy (non-hydrogen) atoms. The predicted molar refractivity (Wildman–Crippen MR) is 122 cm³/mol. The zero-order chi connectivity index (χ0) is 28.2. The number of amides is 1. The Morgan fingerprint density at radius 1 is 1.11 bits per heavy atom. The number of hydrogen-bond donors (Lipinski definition) is 2. The number of halogens is 7. The summed E-state index contributed by atoms with van der Waals surface area (Å²) in [6.45, 7) is 2.26. The third-order valence-electron chi connectivity index (χ3n) is 5.94. The number of aliphatic hydroxyl groups is 1. The second-order valence-electron chi connectivity index (χ2n) is 9.64. The Morgan fingerprint density at radius 2 is 1.74 bits per heavy atom. The Balaban J connectivity index is 1.96.